The summed E-state index contributed by atoms with van der Waals surface area (Å²) in [5.41, 5.74) is 0. The fourth-order valence-electron chi connectivity index (χ4n) is 1.49. The van der Waals surface area contributed by atoms with Gasteiger partial charge in [-0.3, -0.25) is 4.79 Å². The highest BCUT2D eigenvalue weighted by Gasteiger charge is 2.06. The minimum atomic E-state index is -0.0333. The molecule has 2 N–H and O–H groups in total. The Labute approximate surface area is 109 Å². The Morgan fingerprint density at radius 3 is 3.06 bits per heavy atom. The molecule has 0 atom stereocenters. The minimum absolute atomic E-state index is 0.0333. The van der Waals surface area contributed by atoms with Crippen LogP contribution in [0.2, 0.25) is 5.15 Å². The average Bonchev–Trinajstić information content (AvgIpc) is 2.98. The maximum atomic E-state index is 11.5. The number of hydrogen-bond acceptors (Lipinski definition) is 4. The third kappa shape index (κ3) is 3.89. The van der Waals surface area contributed by atoms with E-state index in [0.29, 0.717) is 36.7 Å². The van der Waals surface area contributed by atoms with E-state index in [0.717, 1.165) is 5.82 Å². The van der Waals surface area contributed by atoms with Gasteiger partial charge in [0.2, 0.25) is 5.91 Å². The molecule has 0 saturated heterocycles. The Hall–Kier alpha value is -1.82. The van der Waals surface area contributed by atoms with E-state index >= 15 is 0 Å². The molecule has 0 spiro atoms. The first kappa shape index (κ1) is 12.6. The zero-order valence-electron chi connectivity index (χ0n) is 9.65. The van der Waals surface area contributed by atoms with Crippen molar-refractivity contribution in [3.05, 3.63) is 35.2 Å². The normalized spacial score (nSPS) is 10.5. The molecule has 96 valence electrons. The van der Waals surface area contributed by atoms with E-state index in [1.54, 1.807) is 18.5 Å². The van der Waals surface area contributed by atoms with Crippen molar-refractivity contribution in [2.24, 2.45) is 0 Å². The van der Waals surface area contributed by atoms with Gasteiger partial charge >= 0.3 is 0 Å². The molecule has 0 fully saturated rings. The predicted molar refractivity (Wildman–Crippen MR) is 65.1 cm³/mol. The second-order valence-electron chi connectivity index (χ2n) is 3.75. The lowest BCUT2D eigenvalue weighted by atomic mass is 10.2. The summed E-state index contributed by atoms with van der Waals surface area (Å²) >= 11 is 5.60. The number of aryl methyl sites for hydroxylation is 1. The second kappa shape index (κ2) is 6.20. The van der Waals surface area contributed by atoms with Crippen LogP contribution in [0, 0.1) is 0 Å². The Bertz CT molecular complexity index is 495. The number of halogens is 1. The average molecular weight is 269 g/mol. The second-order valence-corrected chi connectivity index (χ2v) is 4.14. The van der Waals surface area contributed by atoms with Crippen LogP contribution >= 0.6 is 11.6 Å². The molecular formula is C11H13ClN4O2. The first-order valence-corrected chi connectivity index (χ1v) is 5.98. The molecule has 0 bridgehead atoms. The molecule has 0 aliphatic heterocycles. The van der Waals surface area contributed by atoms with Crippen LogP contribution in [0.15, 0.2) is 23.0 Å². The van der Waals surface area contributed by atoms with Gasteiger partial charge in [0.25, 0.3) is 0 Å². The number of imidazole rings is 1. The summed E-state index contributed by atoms with van der Waals surface area (Å²) in [7, 11) is 0. The van der Waals surface area contributed by atoms with E-state index < -0.39 is 0 Å². The first-order chi connectivity index (χ1) is 8.74. The van der Waals surface area contributed by atoms with Crippen LogP contribution in [0.3, 0.4) is 0 Å². The Morgan fingerprint density at radius 2 is 2.39 bits per heavy atom. The van der Waals surface area contributed by atoms with Crippen LogP contribution in [0.1, 0.15) is 18.0 Å². The summed E-state index contributed by atoms with van der Waals surface area (Å²) in [5, 5.41) is 6.65. The van der Waals surface area contributed by atoms with Crippen molar-refractivity contribution in [1.82, 2.24) is 20.4 Å². The number of carbonyl (C=O) groups is 1. The number of hydrogen-bond donors (Lipinski definition) is 2. The molecule has 0 radical (unpaired) electrons. The molecule has 2 aromatic rings. The van der Waals surface area contributed by atoms with E-state index in [-0.39, 0.29) is 5.91 Å². The van der Waals surface area contributed by atoms with Gasteiger partial charge in [0.1, 0.15) is 11.6 Å². The molecule has 18 heavy (non-hydrogen) atoms. The third-order valence-corrected chi connectivity index (χ3v) is 2.55. The third-order valence-electron chi connectivity index (χ3n) is 2.37. The molecule has 0 aliphatic rings. The lowest BCUT2D eigenvalue weighted by Gasteiger charge is -2.02. The number of H-pyrrole nitrogens is 1. The molecule has 6 nitrogen and oxygen atoms in total. The zero-order valence-corrected chi connectivity index (χ0v) is 10.4. The van der Waals surface area contributed by atoms with Gasteiger partial charge in [0.05, 0.1) is 0 Å². The van der Waals surface area contributed by atoms with Crippen molar-refractivity contribution in [1.29, 1.82) is 0 Å². The molecule has 0 saturated carbocycles. The van der Waals surface area contributed by atoms with E-state index in [4.69, 9.17) is 16.1 Å². The number of aromatic amines is 1. The molecule has 7 heteroatoms. The van der Waals surface area contributed by atoms with Crippen molar-refractivity contribution in [2.75, 3.05) is 6.54 Å². The molecular weight excluding hydrogens is 256 g/mol. The predicted octanol–water partition coefficient (Wildman–Crippen LogP) is 1.34. The van der Waals surface area contributed by atoms with Gasteiger partial charge in [-0.05, 0) is 0 Å². The van der Waals surface area contributed by atoms with E-state index in [1.165, 1.54) is 0 Å². The number of nitrogens with one attached hydrogen (secondary N) is 2. The number of aromatic nitrogens is 3. The molecule has 0 aromatic carbocycles. The highest BCUT2D eigenvalue weighted by atomic mass is 35.5. The van der Waals surface area contributed by atoms with E-state index in [1.807, 2.05) is 0 Å². The fraction of sp³-hybridized carbons (Fsp3) is 0.364. The molecule has 0 unspecified atom stereocenters. The quantitative estimate of drug-likeness (QED) is 0.828. The molecule has 2 rings (SSSR count). The Kier molecular flexibility index (Phi) is 4.35. The Morgan fingerprint density at radius 1 is 1.50 bits per heavy atom. The molecule has 0 aliphatic carbocycles. The van der Waals surface area contributed by atoms with Crippen LogP contribution in [0.25, 0.3) is 0 Å². The van der Waals surface area contributed by atoms with Crippen molar-refractivity contribution >= 4 is 17.5 Å². The topological polar surface area (TPSA) is 83.8 Å². The lowest BCUT2D eigenvalue weighted by molar-refractivity contribution is -0.121. The molecule has 2 heterocycles. The van der Waals surface area contributed by atoms with Gasteiger partial charge in [-0.1, -0.05) is 16.8 Å². The molecule has 1 amide bonds. The summed E-state index contributed by atoms with van der Waals surface area (Å²) in [4.78, 5) is 18.6. The number of amides is 1. The number of nitrogens with zero attached hydrogens (tertiary/aromatic N) is 2. The van der Waals surface area contributed by atoms with Crippen molar-refractivity contribution in [2.45, 2.75) is 19.3 Å². The van der Waals surface area contributed by atoms with Gasteiger partial charge in [0, 0.05) is 44.3 Å². The summed E-state index contributed by atoms with van der Waals surface area (Å²) < 4.78 is 4.90. The first-order valence-electron chi connectivity index (χ1n) is 5.60. The number of rotatable bonds is 6. The summed E-state index contributed by atoms with van der Waals surface area (Å²) in [6.07, 6.45) is 4.97. The van der Waals surface area contributed by atoms with Crippen molar-refractivity contribution < 1.29 is 9.32 Å². The zero-order chi connectivity index (χ0) is 12.8. The SMILES string of the molecule is O=C(CCc1cc(Cl)no1)NCCc1ncc[nH]1. The smallest absolute Gasteiger partial charge is 0.220 e. The van der Waals surface area contributed by atoms with Crippen LogP contribution in [-0.2, 0) is 17.6 Å². The standard InChI is InChI=1S/C11H13ClN4O2/c12-9-7-8(18-16-9)1-2-11(17)15-4-3-10-13-5-6-14-10/h5-7H,1-4H2,(H,13,14)(H,15,17). The highest BCUT2D eigenvalue weighted by molar-refractivity contribution is 6.29. The van der Waals surface area contributed by atoms with Crippen molar-refractivity contribution in [3.8, 4) is 0 Å². The van der Waals surface area contributed by atoms with Gasteiger partial charge < -0.3 is 14.8 Å². The Balaban J connectivity index is 1.63. The lowest BCUT2D eigenvalue weighted by Crippen LogP contribution is -2.26. The summed E-state index contributed by atoms with van der Waals surface area (Å²) in [6, 6.07) is 1.61. The van der Waals surface area contributed by atoms with E-state index in [9.17, 15) is 4.79 Å². The number of carbonyl (C=O) groups excluding carboxylic acids is 1. The largest absolute Gasteiger partial charge is 0.360 e. The van der Waals surface area contributed by atoms with Gasteiger partial charge in [-0.25, -0.2) is 4.98 Å². The van der Waals surface area contributed by atoms with Gasteiger partial charge in [-0.2, -0.15) is 0 Å². The minimum Gasteiger partial charge on any atom is -0.360 e. The molecule has 2 aromatic heterocycles. The van der Waals surface area contributed by atoms with Crippen LogP contribution in [0.5, 0.6) is 0 Å². The fourth-order valence-corrected chi connectivity index (χ4v) is 1.64. The monoisotopic (exact) mass is 268 g/mol. The highest BCUT2D eigenvalue weighted by Crippen LogP contribution is 2.10. The van der Waals surface area contributed by atoms with Crippen LogP contribution in [0.4, 0.5) is 0 Å². The van der Waals surface area contributed by atoms with Crippen LogP contribution in [-0.4, -0.2) is 27.6 Å². The summed E-state index contributed by atoms with van der Waals surface area (Å²) in [6.45, 7) is 0.559. The van der Waals surface area contributed by atoms with Gasteiger partial charge in [-0.15, -0.1) is 0 Å². The van der Waals surface area contributed by atoms with E-state index in [2.05, 4.69) is 20.4 Å². The maximum absolute atomic E-state index is 11.5. The van der Waals surface area contributed by atoms with Crippen molar-refractivity contribution in [3.63, 3.8) is 0 Å². The van der Waals surface area contributed by atoms with Crippen LogP contribution < -0.4 is 5.32 Å². The van der Waals surface area contributed by atoms with Gasteiger partial charge in [0.15, 0.2) is 5.15 Å². The maximum Gasteiger partial charge on any atom is 0.220 e. The summed E-state index contributed by atoms with van der Waals surface area (Å²) in [5.74, 6) is 1.44.